The molecule has 3 aromatic rings. The van der Waals surface area contributed by atoms with Gasteiger partial charge in [-0.1, -0.05) is 22.0 Å². The molecule has 1 unspecified atom stereocenters. The van der Waals surface area contributed by atoms with Crippen LogP contribution in [0.2, 0.25) is 0 Å². The van der Waals surface area contributed by atoms with Gasteiger partial charge in [-0.15, -0.1) is 0 Å². The number of hydrogen-bond donors (Lipinski definition) is 3. The van der Waals surface area contributed by atoms with Crippen LogP contribution in [0.3, 0.4) is 0 Å². The van der Waals surface area contributed by atoms with E-state index in [4.69, 9.17) is 0 Å². The van der Waals surface area contributed by atoms with Crippen molar-refractivity contribution in [2.24, 2.45) is 0 Å². The number of likely N-dealkylation sites (tertiary alicyclic amines) is 1. The minimum absolute atomic E-state index is 0.354. The number of nitrogens with one attached hydrogen (secondary N) is 2. The maximum absolute atomic E-state index is 14.0. The van der Waals surface area contributed by atoms with Gasteiger partial charge in [-0.05, 0) is 43.2 Å². The Morgan fingerprint density at radius 1 is 1.26 bits per heavy atom. The number of nitrogens with zero attached hydrogens (tertiary/aromatic N) is 2. The molecule has 0 amide bonds. The standard InChI is InChI=1S/C20H22BrFN4O/c21-14-1-3-17(18(22)10-14)20(27)12-26-7-5-15(6-8-26)24-16-2-4-19-13(9-16)11-23-25-19/h1-4,9-11,15,20,24,27H,5-8,12H2,(H,23,25). The van der Waals surface area contributed by atoms with E-state index in [1.807, 2.05) is 12.3 Å². The normalized spacial score (nSPS) is 17.3. The molecule has 2 aromatic carbocycles. The summed E-state index contributed by atoms with van der Waals surface area (Å²) in [7, 11) is 0. The van der Waals surface area contributed by atoms with E-state index >= 15 is 0 Å². The van der Waals surface area contributed by atoms with E-state index in [0.717, 1.165) is 42.5 Å². The van der Waals surface area contributed by atoms with Gasteiger partial charge in [0.25, 0.3) is 0 Å². The molecule has 1 aromatic heterocycles. The fourth-order valence-corrected chi connectivity index (χ4v) is 3.98. The van der Waals surface area contributed by atoms with E-state index in [-0.39, 0.29) is 5.82 Å². The van der Waals surface area contributed by atoms with Gasteiger partial charge in [0.2, 0.25) is 0 Å². The van der Waals surface area contributed by atoms with E-state index in [0.29, 0.717) is 22.6 Å². The van der Waals surface area contributed by atoms with Gasteiger partial charge in [0.05, 0.1) is 17.8 Å². The summed E-state index contributed by atoms with van der Waals surface area (Å²) in [6.45, 7) is 2.20. The van der Waals surface area contributed by atoms with Crippen LogP contribution in [0, 0.1) is 5.82 Å². The zero-order valence-corrected chi connectivity index (χ0v) is 16.4. The summed E-state index contributed by atoms with van der Waals surface area (Å²) >= 11 is 3.24. The predicted molar refractivity (Wildman–Crippen MR) is 108 cm³/mol. The van der Waals surface area contributed by atoms with Crippen molar-refractivity contribution in [1.82, 2.24) is 15.1 Å². The summed E-state index contributed by atoms with van der Waals surface area (Å²) in [6.07, 6.45) is 2.98. The molecule has 0 spiro atoms. The van der Waals surface area contributed by atoms with Crippen molar-refractivity contribution in [2.45, 2.75) is 25.0 Å². The first-order valence-electron chi connectivity index (χ1n) is 9.13. The van der Waals surface area contributed by atoms with Gasteiger partial charge < -0.3 is 15.3 Å². The molecule has 7 heteroatoms. The van der Waals surface area contributed by atoms with E-state index in [1.165, 1.54) is 6.07 Å². The van der Waals surface area contributed by atoms with Crippen LogP contribution in [0.1, 0.15) is 24.5 Å². The molecule has 1 atom stereocenters. The van der Waals surface area contributed by atoms with Gasteiger partial charge >= 0.3 is 0 Å². The van der Waals surface area contributed by atoms with E-state index < -0.39 is 6.10 Å². The first-order valence-corrected chi connectivity index (χ1v) is 9.93. The number of β-amino-alcohol motifs (C(OH)–C–C–N with tert-alkyl or cyclic N) is 1. The smallest absolute Gasteiger partial charge is 0.130 e. The van der Waals surface area contributed by atoms with Crippen molar-refractivity contribution in [3.8, 4) is 0 Å². The Bertz CT molecular complexity index is 923. The number of halogens is 2. The molecular weight excluding hydrogens is 411 g/mol. The Balaban J connectivity index is 1.30. The zero-order chi connectivity index (χ0) is 18.8. The molecule has 0 radical (unpaired) electrons. The molecule has 0 saturated carbocycles. The third kappa shape index (κ3) is 4.31. The van der Waals surface area contributed by atoms with Crippen molar-refractivity contribution >= 4 is 32.5 Å². The molecule has 1 aliphatic heterocycles. The summed E-state index contributed by atoms with van der Waals surface area (Å²) in [5.41, 5.74) is 2.48. The highest BCUT2D eigenvalue weighted by Crippen LogP contribution is 2.24. The molecule has 4 rings (SSSR count). The van der Waals surface area contributed by atoms with Crippen LogP contribution in [0.5, 0.6) is 0 Å². The molecule has 0 aliphatic carbocycles. The lowest BCUT2D eigenvalue weighted by Crippen LogP contribution is -2.41. The van der Waals surface area contributed by atoms with Crippen molar-refractivity contribution < 1.29 is 9.50 Å². The molecule has 1 saturated heterocycles. The highest BCUT2D eigenvalue weighted by atomic mass is 79.9. The number of aliphatic hydroxyl groups is 1. The van der Waals surface area contributed by atoms with Gasteiger partial charge in [-0.3, -0.25) is 5.10 Å². The Kier molecular flexibility index (Phi) is 5.43. The molecule has 1 aliphatic rings. The Labute approximate surface area is 165 Å². The first kappa shape index (κ1) is 18.4. The van der Waals surface area contributed by atoms with Gasteiger partial charge in [0, 0.05) is 46.8 Å². The minimum atomic E-state index is -0.814. The number of piperidine rings is 1. The SMILES string of the molecule is OC(CN1CCC(Nc2ccc3[nH]ncc3c2)CC1)c1ccc(Br)cc1F. The van der Waals surface area contributed by atoms with Crippen LogP contribution in [-0.4, -0.2) is 45.9 Å². The lowest BCUT2D eigenvalue weighted by molar-refractivity contribution is 0.0965. The monoisotopic (exact) mass is 432 g/mol. The second kappa shape index (κ2) is 7.96. The fraction of sp³-hybridized carbons (Fsp3) is 0.350. The van der Waals surface area contributed by atoms with Gasteiger partial charge in [0.1, 0.15) is 5.82 Å². The number of anilines is 1. The number of rotatable bonds is 5. The molecule has 1 fully saturated rings. The minimum Gasteiger partial charge on any atom is -0.387 e. The fourth-order valence-electron chi connectivity index (χ4n) is 3.64. The predicted octanol–water partition coefficient (Wildman–Crippen LogP) is 4.07. The second-order valence-electron chi connectivity index (χ2n) is 7.07. The van der Waals surface area contributed by atoms with Crippen molar-refractivity contribution in [1.29, 1.82) is 0 Å². The lowest BCUT2D eigenvalue weighted by atomic mass is 10.0. The lowest BCUT2D eigenvalue weighted by Gasteiger charge is -2.34. The molecule has 142 valence electrons. The number of benzene rings is 2. The highest BCUT2D eigenvalue weighted by Gasteiger charge is 2.23. The molecule has 2 heterocycles. The Hall–Kier alpha value is -1.96. The van der Waals surface area contributed by atoms with Gasteiger partial charge in [-0.25, -0.2) is 4.39 Å². The summed E-state index contributed by atoms with van der Waals surface area (Å²) in [4.78, 5) is 2.20. The summed E-state index contributed by atoms with van der Waals surface area (Å²) in [5.74, 6) is -0.372. The van der Waals surface area contributed by atoms with Crippen molar-refractivity contribution in [3.05, 3.63) is 58.4 Å². The quantitative estimate of drug-likeness (QED) is 0.568. The first-order chi connectivity index (χ1) is 13.1. The van der Waals surface area contributed by atoms with E-state index in [1.54, 1.807) is 12.1 Å². The maximum atomic E-state index is 14.0. The van der Waals surface area contributed by atoms with Crippen LogP contribution in [0.25, 0.3) is 10.9 Å². The molecule has 0 bridgehead atoms. The largest absolute Gasteiger partial charge is 0.387 e. The average Bonchev–Trinajstić information content (AvgIpc) is 3.11. The molecular formula is C20H22BrFN4O. The molecule has 27 heavy (non-hydrogen) atoms. The zero-order valence-electron chi connectivity index (χ0n) is 14.8. The van der Waals surface area contributed by atoms with Crippen LogP contribution in [0.4, 0.5) is 10.1 Å². The number of aliphatic hydroxyl groups excluding tert-OH is 1. The number of H-pyrrole nitrogens is 1. The van der Waals surface area contributed by atoms with Gasteiger partial charge in [0.15, 0.2) is 0 Å². The van der Waals surface area contributed by atoms with Gasteiger partial charge in [-0.2, -0.15) is 5.10 Å². The maximum Gasteiger partial charge on any atom is 0.130 e. The summed E-state index contributed by atoms with van der Waals surface area (Å²) < 4.78 is 14.7. The van der Waals surface area contributed by atoms with E-state index in [2.05, 4.69) is 48.5 Å². The van der Waals surface area contributed by atoms with Crippen LogP contribution in [-0.2, 0) is 0 Å². The molecule has 5 nitrogen and oxygen atoms in total. The molecule has 3 N–H and O–H groups in total. The van der Waals surface area contributed by atoms with Crippen LogP contribution in [0.15, 0.2) is 47.1 Å². The number of hydrogen-bond acceptors (Lipinski definition) is 4. The Morgan fingerprint density at radius 3 is 2.85 bits per heavy atom. The second-order valence-corrected chi connectivity index (χ2v) is 7.99. The highest BCUT2D eigenvalue weighted by molar-refractivity contribution is 9.10. The topological polar surface area (TPSA) is 64.2 Å². The summed E-state index contributed by atoms with van der Waals surface area (Å²) in [5, 5.41) is 22.1. The summed E-state index contributed by atoms with van der Waals surface area (Å²) in [6, 6.07) is 11.4. The average molecular weight is 433 g/mol. The number of aromatic nitrogens is 2. The van der Waals surface area contributed by atoms with E-state index in [9.17, 15) is 9.50 Å². The Morgan fingerprint density at radius 2 is 2.07 bits per heavy atom. The number of fused-ring (bicyclic) bond motifs is 1. The van der Waals surface area contributed by atoms with Crippen molar-refractivity contribution in [3.63, 3.8) is 0 Å². The number of aromatic amines is 1. The third-order valence-corrected chi connectivity index (χ3v) is 5.64. The van der Waals surface area contributed by atoms with Crippen LogP contribution >= 0.6 is 15.9 Å². The third-order valence-electron chi connectivity index (χ3n) is 5.15. The van der Waals surface area contributed by atoms with Crippen molar-refractivity contribution in [2.75, 3.05) is 25.0 Å². The van der Waals surface area contributed by atoms with Crippen LogP contribution < -0.4 is 5.32 Å².